The number of hydrogen-bond acceptors (Lipinski definition) is 2. The van der Waals surface area contributed by atoms with E-state index >= 15 is 0 Å². The van der Waals surface area contributed by atoms with Gasteiger partial charge in [-0.3, -0.25) is 0 Å². The molecular weight excluding hydrogens is 205 g/mol. The van der Waals surface area contributed by atoms with E-state index < -0.39 is 0 Å². The fraction of sp³-hybridized carbons (Fsp3) is 0.538. The summed E-state index contributed by atoms with van der Waals surface area (Å²) in [7, 11) is 0. The molecule has 0 aromatic heterocycles. The maximum atomic E-state index is 13.1. The van der Waals surface area contributed by atoms with Crippen LogP contribution < -0.4 is 5.32 Å². The van der Waals surface area contributed by atoms with Gasteiger partial charge in [0, 0.05) is 6.04 Å². The Kier molecular flexibility index (Phi) is 2.26. The van der Waals surface area contributed by atoms with Crippen molar-refractivity contribution < 1.29 is 9.13 Å². The van der Waals surface area contributed by atoms with Crippen molar-refractivity contribution in [1.29, 1.82) is 0 Å². The number of nitrogens with one attached hydrogen (secondary N) is 1. The molecule has 86 valence electrons. The van der Waals surface area contributed by atoms with E-state index in [1.54, 1.807) is 6.07 Å². The van der Waals surface area contributed by atoms with Gasteiger partial charge in [-0.25, -0.2) is 4.39 Å². The molecule has 2 aliphatic heterocycles. The Morgan fingerprint density at radius 1 is 1.50 bits per heavy atom. The third-order valence-electron chi connectivity index (χ3n) is 3.85. The average Bonchev–Trinajstić information content (AvgIpc) is 2.87. The van der Waals surface area contributed by atoms with Gasteiger partial charge in [0.1, 0.15) is 11.4 Å². The van der Waals surface area contributed by atoms with Crippen LogP contribution in [0, 0.1) is 5.82 Å². The minimum atomic E-state index is -0.278. The van der Waals surface area contributed by atoms with Crippen LogP contribution >= 0.6 is 0 Å². The molecule has 0 aliphatic carbocycles. The molecule has 3 heteroatoms. The Bertz CT molecular complexity index is 414. The molecule has 16 heavy (non-hydrogen) atoms. The first-order valence-corrected chi connectivity index (χ1v) is 5.86. The molecule has 0 saturated carbocycles. The number of halogens is 1. The van der Waals surface area contributed by atoms with Gasteiger partial charge >= 0.3 is 0 Å². The lowest BCUT2D eigenvalue weighted by Gasteiger charge is -2.31. The lowest BCUT2D eigenvalue weighted by Crippen LogP contribution is -2.42. The second-order valence-corrected chi connectivity index (χ2v) is 4.85. The third-order valence-corrected chi connectivity index (χ3v) is 3.85. The summed E-state index contributed by atoms with van der Waals surface area (Å²) in [6.45, 7) is 3.70. The highest BCUT2D eigenvalue weighted by atomic mass is 19.1. The summed E-state index contributed by atoms with van der Waals surface area (Å²) in [5, 5.41) is 3.48. The average molecular weight is 221 g/mol. The first-order valence-electron chi connectivity index (χ1n) is 5.86. The van der Waals surface area contributed by atoms with E-state index in [-0.39, 0.29) is 11.4 Å². The van der Waals surface area contributed by atoms with Crippen LogP contribution in [0.15, 0.2) is 18.2 Å². The second-order valence-electron chi connectivity index (χ2n) is 4.85. The molecule has 1 N–H and O–H groups in total. The minimum absolute atomic E-state index is 0.175. The lowest BCUT2D eigenvalue weighted by molar-refractivity contribution is -0.0471. The van der Waals surface area contributed by atoms with Crippen LogP contribution in [0.3, 0.4) is 0 Å². The molecule has 0 spiro atoms. The van der Waals surface area contributed by atoms with Gasteiger partial charge in [-0.15, -0.1) is 0 Å². The quantitative estimate of drug-likeness (QED) is 0.785. The summed E-state index contributed by atoms with van der Waals surface area (Å²) >= 11 is 0. The molecule has 1 aromatic rings. The highest BCUT2D eigenvalue weighted by molar-refractivity contribution is 5.37. The number of ether oxygens (including phenoxy) is 1. The molecule has 1 aromatic carbocycles. The van der Waals surface area contributed by atoms with Crippen molar-refractivity contribution >= 4 is 0 Å². The highest BCUT2D eigenvalue weighted by Crippen LogP contribution is 2.41. The molecule has 0 amide bonds. The van der Waals surface area contributed by atoms with E-state index in [0.717, 1.165) is 24.1 Å². The summed E-state index contributed by atoms with van der Waals surface area (Å²) in [5.41, 5.74) is 1.86. The molecule has 0 bridgehead atoms. The van der Waals surface area contributed by atoms with Crippen molar-refractivity contribution in [2.75, 3.05) is 6.54 Å². The van der Waals surface area contributed by atoms with E-state index in [0.29, 0.717) is 12.6 Å². The van der Waals surface area contributed by atoms with E-state index in [4.69, 9.17) is 4.74 Å². The maximum absolute atomic E-state index is 13.1. The topological polar surface area (TPSA) is 21.3 Å². The molecule has 2 aliphatic rings. The minimum Gasteiger partial charge on any atom is -0.364 e. The first kappa shape index (κ1) is 10.2. The molecule has 2 heterocycles. The van der Waals surface area contributed by atoms with Crippen LogP contribution in [-0.2, 0) is 16.9 Å². The summed E-state index contributed by atoms with van der Waals surface area (Å²) in [5.74, 6) is -0.175. The number of rotatable bonds is 1. The maximum Gasteiger partial charge on any atom is 0.123 e. The predicted molar refractivity (Wildman–Crippen MR) is 59.6 cm³/mol. The molecule has 2 atom stereocenters. The number of hydrogen-bond donors (Lipinski definition) is 1. The largest absolute Gasteiger partial charge is 0.364 e. The van der Waals surface area contributed by atoms with Crippen molar-refractivity contribution in [2.45, 2.75) is 38.0 Å². The van der Waals surface area contributed by atoms with Crippen LogP contribution in [0.25, 0.3) is 0 Å². The Hall–Kier alpha value is -0.930. The zero-order valence-electron chi connectivity index (χ0n) is 9.42. The third kappa shape index (κ3) is 1.39. The van der Waals surface area contributed by atoms with E-state index in [1.807, 2.05) is 6.07 Å². The molecule has 1 fully saturated rings. The number of benzene rings is 1. The molecule has 1 unspecified atom stereocenters. The van der Waals surface area contributed by atoms with E-state index in [9.17, 15) is 4.39 Å². The van der Waals surface area contributed by atoms with Gasteiger partial charge in [-0.05, 0) is 49.6 Å². The summed E-state index contributed by atoms with van der Waals surface area (Å²) in [6, 6.07) is 5.35. The van der Waals surface area contributed by atoms with Gasteiger partial charge in [0.2, 0.25) is 0 Å². The first-order chi connectivity index (χ1) is 7.70. The Labute approximate surface area is 94.8 Å². The Morgan fingerprint density at radius 2 is 2.38 bits per heavy atom. The van der Waals surface area contributed by atoms with Crippen LogP contribution in [-0.4, -0.2) is 12.6 Å². The van der Waals surface area contributed by atoms with Crippen molar-refractivity contribution in [3.63, 3.8) is 0 Å². The molecule has 2 nitrogen and oxygen atoms in total. The fourth-order valence-electron chi connectivity index (χ4n) is 2.91. The van der Waals surface area contributed by atoms with Gasteiger partial charge in [-0.1, -0.05) is 6.07 Å². The molecule has 1 saturated heterocycles. The van der Waals surface area contributed by atoms with Gasteiger partial charge in [0.15, 0.2) is 0 Å². The SMILES string of the molecule is C[C@@]1(C2CCCN2)OCc2cc(F)ccc21. The van der Waals surface area contributed by atoms with Crippen LogP contribution in [0.1, 0.15) is 30.9 Å². The molecule has 0 radical (unpaired) electrons. The Balaban J connectivity index is 2.00. The summed E-state index contributed by atoms with van der Waals surface area (Å²) < 4.78 is 19.0. The van der Waals surface area contributed by atoms with Crippen molar-refractivity contribution in [2.24, 2.45) is 0 Å². The van der Waals surface area contributed by atoms with Crippen molar-refractivity contribution in [3.05, 3.63) is 35.1 Å². The highest BCUT2D eigenvalue weighted by Gasteiger charge is 2.43. The second kappa shape index (κ2) is 3.54. The fourth-order valence-corrected chi connectivity index (χ4v) is 2.91. The van der Waals surface area contributed by atoms with Crippen LogP contribution in [0.2, 0.25) is 0 Å². The Morgan fingerprint density at radius 3 is 3.12 bits per heavy atom. The lowest BCUT2D eigenvalue weighted by atomic mass is 9.86. The summed E-state index contributed by atoms with van der Waals surface area (Å²) in [4.78, 5) is 0. The number of fused-ring (bicyclic) bond motifs is 1. The van der Waals surface area contributed by atoms with E-state index in [2.05, 4.69) is 12.2 Å². The van der Waals surface area contributed by atoms with Gasteiger partial charge in [0.05, 0.1) is 6.61 Å². The van der Waals surface area contributed by atoms with Crippen molar-refractivity contribution in [1.82, 2.24) is 5.32 Å². The zero-order valence-corrected chi connectivity index (χ0v) is 9.42. The van der Waals surface area contributed by atoms with Crippen molar-refractivity contribution in [3.8, 4) is 0 Å². The standard InChI is InChI=1S/C13H16FNO/c1-13(12-3-2-6-15-12)11-5-4-10(14)7-9(11)8-16-13/h4-5,7,12,15H,2-3,6,8H2,1H3/t12?,13-/m1/s1. The van der Waals surface area contributed by atoms with Gasteiger partial charge < -0.3 is 10.1 Å². The van der Waals surface area contributed by atoms with Gasteiger partial charge in [-0.2, -0.15) is 0 Å². The van der Waals surface area contributed by atoms with Crippen LogP contribution in [0.5, 0.6) is 0 Å². The predicted octanol–water partition coefficient (Wildman–Crippen LogP) is 2.32. The van der Waals surface area contributed by atoms with Gasteiger partial charge in [0.25, 0.3) is 0 Å². The smallest absolute Gasteiger partial charge is 0.123 e. The summed E-state index contributed by atoms with van der Waals surface area (Å²) in [6.07, 6.45) is 2.33. The molecular formula is C13H16FNO. The monoisotopic (exact) mass is 221 g/mol. The van der Waals surface area contributed by atoms with E-state index in [1.165, 1.54) is 12.5 Å². The van der Waals surface area contributed by atoms with Crippen LogP contribution in [0.4, 0.5) is 4.39 Å². The normalized spacial score (nSPS) is 33.0. The zero-order chi connectivity index (χ0) is 11.2. The molecule has 3 rings (SSSR count).